The molecule has 1 unspecified atom stereocenters. The van der Waals surface area contributed by atoms with E-state index in [0.717, 1.165) is 12.1 Å². The van der Waals surface area contributed by atoms with Crippen molar-refractivity contribution < 1.29 is 45.8 Å². The van der Waals surface area contributed by atoms with E-state index in [1.54, 1.807) is 6.07 Å². The number of methoxy groups -OCH3 is 1. The van der Waals surface area contributed by atoms with Gasteiger partial charge in [0.15, 0.2) is 0 Å². The van der Waals surface area contributed by atoms with E-state index in [1.165, 1.54) is 43.5 Å². The molecule has 1 heterocycles. The van der Waals surface area contributed by atoms with E-state index in [4.69, 9.17) is 28.9 Å². The number of benzene rings is 3. The summed E-state index contributed by atoms with van der Waals surface area (Å²) in [6, 6.07) is 10.8. The van der Waals surface area contributed by atoms with E-state index in [-0.39, 0.29) is 33.8 Å². The lowest BCUT2D eigenvalue weighted by Gasteiger charge is -2.39. The lowest BCUT2D eigenvalue weighted by Crippen LogP contribution is -2.56. The Morgan fingerprint density at radius 2 is 1.58 bits per heavy atom. The highest BCUT2D eigenvalue weighted by Gasteiger charge is 2.73. The van der Waals surface area contributed by atoms with Gasteiger partial charge in [0, 0.05) is 35.2 Å². The molecule has 0 saturated heterocycles. The SMILES string of the molecule is COC(c1ccc(C(N)=O)cc1CC(C)(c1ccc(Cl)c(Cl)c1)c1c[nH]c2c(C(=O)O)cccc12)(C(F)(F)F)C(F)(F)F. The number of ether oxygens (including phenoxy) is 1. The topological polar surface area (TPSA) is 105 Å². The molecule has 43 heavy (non-hydrogen) atoms. The zero-order valence-electron chi connectivity index (χ0n) is 22.3. The minimum atomic E-state index is -5.99. The lowest BCUT2D eigenvalue weighted by molar-refractivity contribution is -0.383. The molecule has 0 saturated carbocycles. The molecule has 14 heteroatoms. The summed E-state index contributed by atoms with van der Waals surface area (Å²) in [5.74, 6) is -2.36. The maximum Gasteiger partial charge on any atom is 0.430 e. The van der Waals surface area contributed by atoms with Crippen molar-refractivity contribution in [3.8, 4) is 0 Å². The number of aromatic carboxylic acids is 1. The largest absolute Gasteiger partial charge is 0.478 e. The van der Waals surface area contributed by atoms with Gasteiger partial charge in [0.25, 0.3) is 5.60 Å². The number of carbonyl (C=O) groups is 2. The maximum absolute atomic E-state index is 14.4. The van der Waals surface area contributed by atoms with Crippen molar-refractivity contribution >= 4 is 46.0 Å². The van der Waals surface area contributed by atoms with Crippen LogP contribution in [0.1, 0.15) is 49.9 Å². The smallest absolute Gasteiger partial charge is 0.430 e. The number of H-pyrrole nitrogens is 1. The number of carboxylic acids is 1. The summed E-state index contributed by atoms with van der Waals surface area (Å²) in [5, 5.41) is 10.2. The Labute approximate surface area is 250 Å². The van der Waals surface area contributed by atoms with Gasteiger partial charge in [0.05, 0.1) is 21.1 Å². The second-order valence-electron chi connectivity index (χ2n) is 9.99. The summed E-state index contributed by atoms with van der Waals surface area (Å²) in [5.41, 5.74) is -2.49. The molecule has 0 aliphatic carbocycles. The molecule has 0 aliphatic heterocycles. The van der Waals surface area contributed by atoms with Crippen LogP contribution >= 0.6 is 23.2 Å². The number of fused-ring (bicyclic) bond motifs is 1. The van der Waals surface area contributed by atoms with Crippen molar-refractivity contribution in [2.75, 3.05) is 7.11 Å². The third-order valence-corrected chi connectivity index (χ3v) is 8.25. The molecule has 0 aliphatic rings. The van der Waals surface area contributed by atoms with Gasteiger partial charge in [0.1, 0.15) is 0 Å². The number of aromatic amines is 1. The molecule has 4 aromatic rings. The fourth-order valence-corrected chi connectivity index (χ4v) is 5.70. The lowest BCUT2D eigenvalue weighted by atomic mass is 9.70. The number of primary amides is 1. The third-order valence-electron chi connectivity index (χ3n) is 7.51. The zero-order valence-corrected chi connectivity index (χ0v) is 23.8. The second kappa shape index (κ2) is 11.1. The first kappa shape index (κ1) is 32.2. The Kier molecular flexibility index (Phi) is 8.29. The standard InChI is InChI=1S/C29H22Cl2F6N2O4/c1-26(16-7-9-21(30)22(31)11-16,20-13-39-23-17(20)4-3-5-18(23)25(41)42)12-15-10-14(24(38)40)6-8-19(15)27(43-2,28(32,33)34)29(35,36)37/h3-11,13,39H,12H2,1-2H3,(H2,38,40)(H,41,42). The molecule has 1 atom stereocenters. The minimum absolute atomic E-state index is 0.0411. The molecule has 4 N–H and O–H groups in total. The van der Waals surface area contributed by atoms with Gasteiger partial charge >= 0.3 is 18.3 Å². The van der Waals surface area contributed by atoms with Crippen molar-refractivity contribution in [2.45, 2.75) is 36.7 Å². The van der Waals surface area contributed by atoms with E-state index in [1.807, 2.05) is 0 Å². The predicted molar refractivity (Wildman–Crippen MR) is 148 cm³/mol. The quantitative estimate of drug-likeness (QED) is 0.170. The van der Waals surface area contributed by atoms with Crippen molar-refractivity contribution in [1.82, 2.24) is 4.98 Å². The average Bonchev–Trinajstić information content (AvgIpc) is 3.35. The number of hydrogen-bond donors (Lipinski definition) is 3. The van der Waals surface area contributed by atoms with E-state index in [2.05, 4.69) is 9.72 Å². The van der Waals surface area contributed by atoms with Crippen molar-refractivity contribution in [3.05, 3.63) is 104 Å². The monoisotopic (exact) mass is 646 g/mol. The van der Waals surface area contributed by atoms with Gasteiger partial charge in [-0.3, -0.25) is 4.79 Å². The molecule has 3 aromatic carbocycles. The molecule has 1 amide bonds. The normalized spacial score (nSPS) is 14.1. The summed E-state index contributed by atoms with van der Waals surface area (Å²) in [6.45, 7) is 1.53. The molecule has 6 nitrogen and oxygen atoms in total. The van der Waals surface area contributed by atoms with E-state index >= 15 is 0 Å². The van der Waals surface area contributed by atoms with Crippen molar-refractivity contribution in [1.29, 1.82) is 0 Å². The molecule has 0 fully saturated rings. The zero-order chi connectivity index (χ0) is 32.1. The van der Waals surface area contributed by atoms with Crippen LogP contribution < -0.4 is 5.73 Å². The van der Waals surface area contributed by atoms with Crippen LogP contribution in [0.4, 0.5) is 26.3 Å². The van der Waals surface area contributed by atoms with Crippen LogP contribution in [0.5, 0.6) is 0 Å². The van der Waals surface area contributed by atoms with E-state index < -0.39 is 52.8 Å². The fraction of sp³-hybridized carbons (Fsp3) is 0.241. The van der Waals surface area contributed by atoms with Crippen LogP contribution in [0.2, 0.25) is 10.0 Å². The van der Waals surface area contributed by atoms with Gasteiger partial charge < -0.3 is 20.6 Å². The fourth-order valence-electron chi connectivity index (χ4n) is 5.41. The first-order valence-electron chi connectivity index (χ1n) is 12.3. The predicted octanol–water partition coefficient (Wildman–Crippen LogP) is 7.79. The maximum atomic E-state index is 14.4. The molecule has 0 bridgehead atoms. The van der Waals surface area contributed by atoms with Crippen LogP contribution in [-0.4, -0.2) is 41.4 Å². The average molecular weight is 647 g/mol. The van der Waals surface area contributed by atoms with Gasteiger partial charge in [-0.15, -0.1) is 0 Å². The van der Waals surface area contributed by atoms with Crippen LogP contribution in [0.15, 0.2) is 60.8 Å². The number of carbonyl (C=O) groups excluding carboxylic acids is 1. The van der Waals surface area contributed by atoms with Crippen LogP contribution in [0.25, 0.3) is 10.9 Å². The minimum Gasteiger partial charge on any atom is -0.478 e. The number of aromatic nitrogens is 1. The van der Waals surface area contributed by atoms with E-state index in [0.29, 0.717) is 22.6 Å². The number of halogens is 8. The van der Waals surface area contributed by atoms with Crippen LogP contribution in [-0.2, 0) is 22.2 Å². The molecule has 228 valence electrons. The first-order chi connectivity index (χ1) is 19.9. The highest BCUT2D eigenvalue weighted by molar-refractivity contribution is 6.42. The number of nitrogens with one attached hydrogen (secondary N) is 1. The number of para-hydroxylation sites is 1. The highest BCUT2D eigenvalue weighted by atomic mass is 35.5. The van der Waals surface area contributed by atoms with Gasteiger partial charge in [-0.25, -0.2) is 4.79 Å². The number of carboxylic acid groups (broad SMARTS) is 1. The molecule has 4 rings (SSSR count). The molecular formula is C29H22Cl2F6N2O4. The summed E-state index contributed by atoms with van der Waals surface area (Å²) < 4.78 is 90.8. The van der Waals surface area contributed by atoms with Gasteiger partial charge in [-0.1, -0.05) is 54.4 Å². The summed E-state index contributed by atoms with van der Waals surface area (Å²) in [7, 11) is 0.290. The summed E-state index contributed by atoms with van der Waals surface area (Å²) in [4.78, 5) is 26.8. The molecular weight excluding hydrogens is 625 g/mol. The Balaban J connectivity index is 2.11. The molecule has 0 radical (unpaired) electrons. The van der Waals surface area contributed by atoms with Gasteiger partial charge in [-0.05, 0) is 53.4 Å². The van der Waals surface area contributed by atoms with Gasteiger partial charge in [-0.2, -0.15) is 26.3 Å². The second-order valence-corrected chi connectivity index (χ2v) is 10.8. The number of rotatable bonds is 8. The van der Waals surface area contributed by atoms with Crippen LogP contribution in [0.3, 0.4) is 0 Å². The molecule has 0 spiro atoms. The van der Waals surface area contributed by atoms with E-state index in [9.17, 15) is 41.0 Å². The molecule has 1 aromatic heterocycles. The number of nitrogens with two attached hydrogens (primary N) is 1. The Hall–Kier alpha value is -3.74. The van der Waals surface area contributed by atoms with Crippen molar-refractivity contribution in [2.24, 2.45) is 5.73 Å². The Bertz CT molecular complexity index is 1720. The highest BCUT2D eigenvalue weighted by Crippen LogP contribution is 2.54. The first-order valence-corrected chi connectivity index (χ1v) is 13.1. The van der Waals surface area contributed by atoms with Crippen molar-refractivity contribution in [3.63, 3.8) is 0 Å². The number of alkyl halides is 6. The number of amides is 1. The summed E-state index contributed by atoms with van der Waals surface area (Å²) >= 11 is 12.4. The summed E-state index contributed by atoms with van der Waals surface area (Å²) in [6.07, 6.45) is -11.2. The van der Waals surface area contributed by atoms with Crippen LogP contribution in [0, 0.1) is 0 Å². The van der Waals surface area contributed by atoms with Gasteiger partial charge in [0.2, 0.25) is 5.91 Å². The Morgan fingerprint density at radius 3 is 2.12 bits per heavy atom. The number of hydrogen-bond acceptors (Lipinski definition) is 3. The Morgan fingerprint density at radius 1 is 0.930 bits per heavy atom. The third kappa shape index (κ3) is 5.32.